The van der Waals surface area contributed by atoms with Gasteiger partial charge in [-0.2, -0.15) is 0 Å². The molecular weight excluding hydrogens is 250 g/mol. The number of aromatic hydroxyl groups is 1. The number of nitrogens with zero attached hydrogens (tertiary/aromatic N) is 1. The summed E-state index contributed by atoms with van der Waals surface area (Å²) in [5.74, 6) is 0.536. The first-order valence-corrected chi connectivity index (χ1v) is 7.56. The second-order valence-electron chi connectivity index (χ2n) is 6.02. The van der Waals surface area contributed by atoms with Crippen LogP contribution in [0, 0.1) is 5.41 Å². The summed E-state index contributed by atoms with van der Waals surface area (Å²) in [6, 6.07) is 7.16. The van der Waals surface area contributed by atoms with Crippen molar-refractivity contribution in [2.45, 2.75) is 52.0 Å². The first kappa shape index (κ1) is 14.9. The molecule has 0 bridgehead atoms. The minimum Gasteiger partial charge on any atom is -0.508 e. The largest absolute Gasteiger partial charge is 0.508 e. The highest BCUT2D eigenvalue weighted by atomic mass is 16.3. The number of rotatable bonds is 4. The number of benzene rings is 1. The van der Waals surface area contributed by atoms with Gasteiger partial charge in [0.25, 0.3) is 0 Å². The Bertz CT molecular complexity index is 460. The highest BCUT2D eigenvalue weighted by Gasteiger charge is 2.41. The average molecular weight is 275 g/mol. The van der Waals surface area contributed by atoms with Gasteiger partial charge in [-0.1, -0.05) is 31.9 Å². The first-order valence-electron chi connectivity index (χ1n) is 7.56. The fourth-order valence-electron chi connectivity index (χ4n) is 3.30. The Morgan fingerprint density at radius 2 is 1.85 bits per heavy atom. The quantitative estimate of drug-likeness (QED) is 0.905. The topological polar surface area (TPSA) is 40.5 Å². The second kappa shape index (κ2) is 5.86. The molecule has 0 saturated heterocycles. The third-order valence-electron chi connectivity index (χ3n) is 4.97. The van der Waals surface area contributed by atoms with Crippen LogP contribution in [0.1, 0.15) is 57.6 Å². The van der Waals surface area contributed by atoms with Crippen molar-refractivity contribution in [1.82, 2.24) is 4.90 Å². The van der Waals surface area contributed by atoms with E-state index in [1.807, 2.05) is 31.0 Å². The van der Waals surface area contributed by atoms with Crippen molar-refractivity contribution in [3.05, 3.63) is 29.8 Å². The van der Waals surface area contributed by atoms with E-state index in [-0.39, 0.29) is 23.1 Å². The maximum Gasteiger partial charge on any atom is 0.229 e. The number of hydrogen-bond acceptors (Lipinski definition) is 2. The maximum absolute atomic E-state index is 12.9. The molecule has 1 fully saturated rings. The maximum atomic E-state index is 12.9. The molecule has 1 aliphatic carbocycles. The van der Waals surface area contributed by atoms with E-state index in [2.05, 4.69) is 6.92 Å². The smallest absolute Gasteiger partial charge is 0.229 e. The van der Waals surface area contributed by atoms with E-state index in [1.165, 1.54) is 12.8 Å². The van der Waals surface area contributed by atoms with Crippen molar-refractivity contribution >= 4 is 5.91 Å². The van der Waals surface area contributed by atoms with Crippen LogP contribution in [0.4, 0.5) is 0 Å². The van der Waals surface area contributed by atoms with Gasteiger partial charge in [0.15, 0.2) is 0 Å². The van der Waals surface area contributed by atoms with Crippen molar-refractivity contribution in [1.29, 1.82) is 0 Å². The summed E-state index contributed by atoms with van der Waals surface area (Å²) >= 11 is 0. The molecule has 2 rings (SSSR count). The minimum atomic E-state index is -0.139. The van der Waals surface area contributed by atoms with Crippen LogP contribution in [0.15, 0.2) is 24.3 Å². The zero-order chi connectivity index (χ0) is 14.8. The molecule has 0 aromatic heterocycles. The minimum absolute atomic E-state index is 0.0344. The molecule has 1 unspecified atom stereocenters. The van der Waals surface area contributed by atoms with Crippen LogP contribution in [0.3, 0.4) is 0 Å². The van der Waals surface area contributed by atoms with Gasteiger partial charge in [-0.05, 0) is 43.9 Å². The van der Waals surface area contributed by atoms with Crippen LogP contribution in [-0.4, -0.2) is 23.0 Å². The van der Waals surface area contributed by atoms with Gasteiger partial charge in [0.1, 0.15) is 5.75 Å². The zero-order valence-electron chi connectivity index (χ0n) is 12.7. The summed E-state index contributed by atoms with van der Waals surface area (Å²) in [7, 11) is 1.90. The van der Waals surface area contributed by atoms with E-state index < -0.39 is 0 Å². The Morgan fingerprint density at radius 3 is 2.35 bits per heavy atom. The molecular formula is C17H25NO2. The van der Waals surface area contributed by atoms with E-state index in [4.69, 9.17) is 0 Å². The monoisotopic (exact) mass is 275 g/mol. The van der Waals surface area contributed by atoms with Gasteiger partial charge in [0.2, 0.25) is 5.91 Å². The molecule has 1 amide bonds. The number of phenols is 1. The molecule has 1 N–H and O–H groups in total. The molecule has 1 saturated carbocycles. The lowest BCUT2D eigenvalue weighted by molar-refractivity contribution is -0.142. The average Bonchev–Trinajstić information content (AvgIpc) is 2.96. The molecule has 1 aromatic rings. The van der Waals surface area contributed by atoms with Gasteiger partial charge in [-0.3, -0.25) is 4.79 Å². The molecule has 3 heteroatoms. The summed E-state index contributed by atoms with van der Waals surface area (Å²) in [6.45, 7) is 4.17. The van der Waals surface area contributed by atoms with E-state index in [0.29, 0.717) is 0 Å². The highest BCUT2D eigenvalue weighted by molar-refractivity contribution is 5.83. The Morgan fingerprint density at radius 1 is 1.30 bits per heavy atom. The number of amides is 1. The molecule has 0 aliphatic heterocycles. The van der Waals surface area contributed by atoms with Gasteiger partial charge in [-0.25, -0.2) is 0 Å². The van der Waals surface area contributed by atoms with Crippen molar-refractivity contribution in [3.63, 3.8) is 0 Å². The van der Waals surface area contributed by atoms with Crippen LogP contribution < -0.4 is 0 Å². The summed E-state index contributed by atoms with van der Waals surface area (Å²) in [6.07, 6.45) is 5.31. The standard InChI is InChI=1S/C17H25NO2/c1-4-17(11-5-6-12-17)16(20)18(3)13(2)14-7-9-15(19)10-8-14/h7-10,13,19H,4-6,11-12H2,1-3H3. The SMILES string of the molecule is CCC1(C(=O)N(C)C(C)c2ccc(O)cc2)CCCC1. The van der Waals surface area contributed by atoms with Gasteiger partial charge in [-0.15, -0.1) is 0 Å². The van der Waals surface area contributed by atoms with Crippen LogP contribution in [0.25, 0.3) is 0 Å². The van der Waals surface area contributed by atoms with Crippen molar-refractivity contribution < 1.29 is 9.90 Å². The number of hydrogen-bond donors (Lipinski definition) is 1. The second-order valence-corrected chi connectivity index (χ2v) is 6.02. The first-order chi connectivity index (χ1) is 9.50. The Balaban J connectivity index is 2.15. The zero-order valence-corrected chi connectivity index (χ0v) is 12.7. The van der Waals surface area contributed by atoms with Crippen molar-refractivity contribution in [2.75, 3.05) is 7.05 Å². The summed E-state index contributed by atoms with van der Waals surface area (Å²) in [5.41, 5.74) is 0.919. The van der Waals surface area contributed by atoms with E-state index in [1.54, 1.807) is 12.1 Å². The predicted molar refractivity (Wildman–Crippen MR) is 80.5 cm³/mol. The van der Waals surface area contributed by atoms with Gasteiger partial charge in [0.05, 0.1) is 6.04 Å². The van der Waals surface area contributed by atoms with Crippen LogP contribution in [0.2, 0.25) is 0 Å². The summed E-state index contributed by atoms with van der Waals surface area (Å²) in [5, 5.41) is 9.36. The third kappa shape index (κ3) is 2.67. The van der Waals surface area contributed by atoms with E-state index in [9.17, 15) is 9.90 Å². The molecule has 0 heterocycles. The molecule has 110 valence electrons. The Hall–Kier alpha value is -1.51. The van der Waals surface area contributed by atoms with Gasteiger partial charge in [0, 0.05) is 12.5 Å². The molecule has 0 radical (unpaired) electrons. The molecule has 1 atom stereocenters. The van der Waals surface area contributed by atoms with Crippen LogP contribution in [-0.2, 0) is 4.79 Å². The summed E-state index contributed by atoms with van der Waals surface area (Å²) in [4.78, 5) is 14.7. The normalized spacial score (nSPS) is 18.8. The lowest BCUT2D eigenvalue weighted by Gasteiger charge is -2.35. The molecule has 0 spiro atoms. The van der Waals surface area contributed by atoms with Gasteiger partial charge >= 0.3 is 0 Å². The highest BCUT2D eigenvalue weighted by Crippen LogP contribution is 2.43. The van der Waals surface area contributed by atoms with Crippen LogP contribution >= 0.6 is 0 Å². The number of carbonyl (C=O) groups is 1. The summed E-state index contributed by atoms with van der Waals surface area (Å²) < 4.78 is 0. The predicted octanol–water partition coefficient (Wildman–Crippen LogP) is 3.88. The third-order valence-corrected chi connectivity index (χ3v) is 4.97. The number of phenolic OH excluding ortho intramolecular Hbond substituents is 1. The van der Waals surface area contributed by atoms with Gasteiger partial charge < -0.3 is 10.0 Å². The van der Waals surface area contributed by atoms with Crippen molar-refractivity contribution in [2.24, 2.45) is 5.41 Å². The Labute approximate surface area is 121 Å². The fourth-order valence-corrected chi connectivity index (χ4v) is 3.30. The Kier molecular flexibility index (Phi) is 4.36. The molecule has 3 nitrogen and oxygen atoms in total. The molecule has 1 aromatic carbocycles. The molecule has 20 heavy (non-hydrogen) atoms. The van der Waals surface area contributed by atoms with Crippen LogP contribution in [0.5, 0.6) is 5.75 Å². The lowest BCUT2D eigenvalue weighted by atomic mass is 9.81. The number of carbonyl (C=O) groups excluding carboxylic acids is 1. The van der Waals surface area contributed by atoms with E-state index in [0.717, 1.165) is 24.8 Å². The molecule has 1 aliphatic rings. The lowest BCUT2D eigenvalue weighted by Crippen LogP contribution is -2.41. The van der Waals surface area contributed by atoms with Crippen molar-refractivity contribution in [3.8, 4) is 5.75 Å². The van der Waals surface area contributed by atoms with E-state index >= 15 is 0 Å². The fraction of sp³-hybridized carbons (Fsp3) is 0.588.